The third-order valence-electron chi connectivity index (χ3n) is 4.12. The molecule has 0 fully saturated rings. The summed E-state index contributed by atoms with van der Waals surface area (Å²) < 4.78 is 6.98. The van der Waals surface area contributed by atoms with Gasteiger partial charge in [-0.1, -0.05) is 29.8 Å². The second-order valence-corrected chi connectivity index (χ2v) is 6.22. The predicted molar refractivity (Wildman–Crippen MR) is 98.3 cm³/mol. The Kier molecular flexibility index (Phi) is 5.27. The second kappa shape index (κ2) is 7.78. The van der Waals surface area contributed by atoms with Crippen LogP contribution in [-0.2, 0) is 11.3 Å². The van der Waals surface area contributed by atoms with Crippen LogP contribution >= 0.6 is 0 Å². The van der Waals surface area contributed by atoms with Gasteiger partial charge in [0.25, 0.3) is 0 Å². The maximum atomic E-state index is 12.3. The molecule has 0 aliphatic carbocycles. The van der Waals surface area contributed by atoms with E-state index >= 15 is 0 Å². The number of rotatable bonds is 6. The third kappa shape index (κ3) is 4.25. The highest BCUT2D eigenvalue weighted by atomic mass is 16.5. The van der Waals surface area contributed by atoms with E-state index < -0.39 is 5.97 Å². The maximum absolute atomic E-state index is 12.3. The summed E-state index contributed by atoms with van der Waals surface area (Å²) in [6, 6.07) is 14.6. The van der Waals surface area contributed by atoms with Gasteiger partial charge < -0.3 is 4.74 Å². The number of nitrogens with zero attached hydrogens (tertiary/aromatic N) is 2. The van der Waals surface area contributed by atoms with Crippen LogP contribution in [0.1, 0.15) is 37.4 Å². The molecule has 26 heavy (non-hydrogen) atoms. The van der Waals surface area contributed by atoms with Gasteiger partial charge in [-0.2, -0.15) is 5.10 Å². The second-order valence-electron chi connectivity index (χ2n) is 6.22. The molecule has 0 atom stereocenters. The number of carbonyl (C=O) groups is 2. The number of carbonyl (C=O) groups excluding carboxylic acids is 2. The maximum Gasteiger partial charge on any atom is 0.338 e. The van der Waals surface area contributed by atoms with Crippen molar-refractivity contribution in [3.05, 3.63) is 88.7 Å². The van der Waals surface area contributed by atoms with Crippen LogP contribution in [0, 0.1) is 13.8 Å². The van der Waals surface area contributed by atoms with Crippen LogP contribution in [-0.4, -0.2) is 28.1 Å². The number of hydrogen-bond donors (Lipinski definition) is 0. The summed E-state index contributed by atoms with van der Waals surface area (Å²) >= 11 is 0. The normalized spacial score (nSPS) is 10.5. The summed E-state index contributed by atoms with van der Waals surface area (Å²) in [5.74, 6) is -0.704. The van der Waals surface area contributed by atoms with E-state index in [1.165, 1.54) is 0 Å². The highest BCUT2D eigenvalue weighted by Gasteiger charge is 2.14. The molecular formula is C21H20N2O3. The van der Waals surface area contributed by atoms with Crippen LogP contribution in [0.25, 0.3) is 0 Å². The van der Waals surface area contributed by atoms with Gasteiger partial charge in [0.05, 0.1) is 12.1 Å². The molecular weight excluding hydrogens is 328 g/mol. The van der Waals surface area contributed by atoms with E-state index in [0.717, 1.165) is 16.7 Å². The Morgan fingerprint density at radius 1 is 1.08 bits per heavy atom. The Hall–Kier alpha value is -3.21. The number of aromatic nitrogens is 2. The average molecular weight is 348 g/mol. The van der Waals surface area contributed by atoms with E-state index in [1.807, 2.05) is 56.4 Å². The van der Waals surface area contributed by atoms with Crippen molar-refractivity contribution in [2.45, 2.75) is 20.4 Å². The van der Waals surface area contributed by atoms with Crippen molar-refractivity contribution in [2.75, 3.05) is 6.61 Å². The molecule has 2 aromatic carbocycles. The van der Waals surface area contributed by atoms with E-state index in [4.69, 9.17) is 4.74 Å². The lowest BCUT2D eigenvalue weighted by Crippen LogP contribution is -2.15. The van der Waals surface area contributed by atoms with Crippen molar-refractivity contribution < 1.29 is 14.3 Å². The van der Waals surface area contributed by atoms with Gasteiger partial charge in [0.15, 0.2) is 6.61 Å². The summed E-state index contributed by atoms with van der Waals surface area (Å²) in [5.41, 5.74) is 3.91. The average Bonchev–Trinajstić information content (AvgIpc) is 3.15. The van der Waals surface area contributed by atoms with Crippen LogP contribution in [0.3, 0.4) is 0 Å². The first-order chi connectivity index (χ1) is 12.5. The zero-order valence-electron chi connectivity index (χ0n) is 14.8. The van der Waals surface area contributed by atoms with Gasteiger partial charge in [-0.15, -0.1) is 0 Å². The summed E-state index contributed by atoms with van der Waals surface area (Å²) in [4.78, 5) is 24.5. The first-order valence-electron chi connectivity index (χ1n) is 8.37. The van der Waals surface area contributed by atoms with Crippen molar-refractivity contribution in [1.82, 2.24) is 9.78 Å². The number of aryl methyl sites for hydroxylation is 2. The van der Waals surface area contributed by atoms with E-state index in [0.29, 0.717) is 17.7 Å². The quantitative estimate of drug-likeness (QED) is 0.504. The topological polar surface area (TPSA) is 61.2 Å². The molecule has 0 aliphatic rings. The molecule has 5 nitrogen and oxygen atoms in total. The van der Waals surface area contributed by atoms with Crippen molar-refractivity contribution in [1.29, 1.82) is 0 Å². The largest absolute Gasteiger partial charge is 0.454 e. The summed E-state index contributed by atoms with van der Waals surface area (Å²) in [6.45, 7) is 4.16. The monoisotopic (exact) mass is 348 g/mol. The molecule has 0 N–H and O–H groups in total. The summed E-state index contributed by atoms with van der Waals surface area (Å²) in [6.07, 6.45) is 3.60. The van der Waals surface area contributed by atoms with Gasteiger partial charge in [0, 0.05) is 18.0 Å². The van der Waals surface area contributed by atoms with Gasteiger partial charge in [0.1, 0.15) is 0 Å². The van der Waals surface area contributed by atoms with Crippen molar-refractivity contribution in [2.24, 2.45) is 0 Å². The molecule has 132 valence electrons. The number of ketones is 1. The fraction of sp³-hybridized carbons (Fsp3) is 0.190. The standard InChI is InChI=1S/C21H20N2O3/c1-15-4-5-16(2)19(12-15)20(24)14-26-21(25)18-8-6-17(7-9-18)13-23-11-3-10-22-23/h3-12H,13-14H2,1-2H3. The lowest BCUT2D eigenvalue weighted by molar-refractivity contribution is 0.0474. The first-order valence-corrected chi connectivity index (χ1v) is 8.37. The number of ether oxygens (including phenoxy) is 1. The third-order valence-corrected chi connectivity index (χ3v) is 4.12. The lowest BCUT2D eigenvalue weighted by atomic mass is 10.0. The van der Waals surface area contributed by atoms with Crippen LogP contribution in [0.5, 0.6) is 0 Å². The molecule has 1 heterocycles. The van der Waals surface area contributed by atoms with E-state index in [9.17, 15) is 9.59 Å². The van der Waals surface area contributed by atoms with E-state index in [1.54, 1.807) is 23.0 Å². The van der Waals surface area contributed by atoms with Gasteiger partial charge in [0.2, 0.25) is 5.78 Å². The molecule has 0 amide bonds. The first kappa shape index (κ1) is 17.6. The number of hydrogen-bond acceptors (Lipinski definition) is 4. The Labute approximate surface area is 152 Å². The Balaban J connectivity index is 1.59. The Bertz CT molecular complexity index is 913. The molecule has 0 bridgehead atoms. The Morgan fingerprint density at radius 2 is 1.85 bits per heavy atom. The van der Waals surface area contributed by atoms with E-state index in [-0.39, 0.29) is 12.4 Å². The smallest absolute Gasteiger partial charge is 0.338 e. The molecule has 0 spiro atoms. The van der Waals surface area contributed by atoms with Gasteiger partial charge >= 0.3 is 5.97 Å². The molecule has 0 saturated carbocycles. The molecule has 0 saturated heterocycles. The lowest BCUT2D eigenvalue weighted by Gasteiger charge is -2.08. The van der Waals surface area contributed by atoms with Gasteiger partial charge in [-0.3, -0.25) is 9.48 Å². The fourth-order valence-corrected chi connectivity index (χ4v) is 2.66. The molecule has 3 rings (SSSR count). The van der Waals surface area contributed by atoms with Crippen LogP contribution in [0.2, 0.25) is 0 Å². The molecule has 0 radical (unpaired) electrons. The zero-order chi connectivity index (χ0) is 18.5. The highest BCUT2D eigenvalue weighted by molar-refractivity contribution is 6.00. The summed E-state index contributed by atoms with van der Waals surface area (Å²) in [7, 11) is 0. The van der Waals surface area contributed by atoms with Crippen molar-refractivity contribution in [3.63, 3.8) is 0 Å². The molecule has 3 aromatic rings. The van der Waals surface area contributed by atoms with Crippen LogP contribution in [0.4, 0.5) is 0 Å². The van der Waals surface area contributed by atoms with E-state index in [2.05, 4.69) is 5.10 Å². The molecule has 0 aliphatic heterocycles. The number of benzene rings is 2. The van der Waals surface area contributed by atoms with Crippen LogP contribution in [0.15, 0.2) is 60.9 Å². The Morgan fingerprint density at radius 3 is 2.54 bits per heavy atom. The van der Waals surface area contributed by atoms with Crippen molar-refractivity contribution in [3.8, 4) is 0 Å². The minimum absolute atomic E-state index is 0.199. The van der Waals surface area contributed by atoms with Gasteiger partial charge in [-0.05, 0) is 49.2 Å². The SMILES string of the molecule is Cc1ccc(C)c(C(=O)COC(=O)c2ccc(Cn3cccn3)cc2)c1. The summed E-state index contributed by atoms with van der Waals surface area (Å²) in [5, 5.41) is 4.15. The highest BCUT2D eigenvalue weighted by Crippen LogP contribution is 2.13. The van der Waals surface area contributed by atoms with Gasteiger partial charge in [-0.25, -0.2) is 4.79 Å². The molecule has 1 aromatic heterocycles. The zero-order valence-corrected chi connectivity index (χ0v) is 14.8. The number of Topliss-reactive ketones (excluding diaryl/α,β-unsaturated/α-hetero) is 1. The molecule has 0 unspecified atom stereocenters. The number of esters is 1. The van der Waals surface area contributed by atoms with Crippen LogP contribution < -0.4 is 0 Å². The minimum Gasteiger partial charge on any atom is -0.454 e. The molecule has 5 heteroatoms. The minimum atomic E-state index is -0.505. The fourth-order valence-electron chi connectivity index (χ4n) is 2.66. The predicted octanol–water partition coefficient (Wildman–Crippen LogP) is 3.59. The van der Waals surface area contributed by atoms with Crippen molar-refractivity contribution >= 4 is 11.8 Å².